The molecule has 5 heteroatoms. The van der Waals surface area contributed by atoms with Crippen LogP contribution in [0.5, 0.6) is 0 Å². The van der Waals surface area contributed by atoms with Crippen molar-refractivity contribution in [2.75, 3.05) is 0 Å². The number of hydrogen-bond acceptors (Lipinski definition) is 3. The van der Waals surface area contributed by atoms with E-state index >= 15 is 0 Å². The van der Waals surface area contributed by atoms with E-state index in [4.69, 9.17) is 0 Å². The summed E-state index contributed by atoms with van der Waals surface area (Å²) in [4.78, 5) is 16.9. The highest BCUT2D eigenvalue weighted by Gasteiger charge is 2.09. The highest BCUT2D eigenvalue weighted by atomic mass is 32.1. The lowest BCUT2D eigenvalue weighted by molar-refractivity contribution is -0.121. The number of imidazole rings is 1. The van der Waals surface area contributed by atoms with Gasteiger partial charge >= 0.3 is 0 Å². The molecule has 1 unspecified atom stereocenters. The number of amides is 1. The maximum atomic E-state index is 11.6. The van der Waals surface area contributed by atoms with Crippen LogP contribution in [0.2, 0.25) is 0 Å². The van der Waals surface area contributed by atoms with E-state index < -0.39 is 0 Å². The van der Waals surface area contributed by atoms with E-state index in [1.54, 1.807) is 11.3 Å². The van der Waals surface area contributed by atoms with Gasteiger partial charge in [-0.15, -0.1) is 11.3 Å². The zero-order valence-electron chi connectivity index (χ0n) is 9.43. The number of carbonyl (C=O) groups excluding carboxylic acids is 1. The molecule has 2 rings (SSSR count). The molecule has 0 radical (unpaired) electrons. The number of thiazole rings is 1. The summed E-state index contributed by atoms with van der Waals surface area (Å²) < 4.78 is 1.94. The molecular weight excluding hydrogens is 222 g/mol. The topological polar surface area (TPSA) is 46.4 Å². The van der Waals surface area contributed by atoms with Gasteiger partial charge in [-0.3, -0.25) is 9.20 Å². The van der Waals surface area contributed by atoms with Gasteiger partial charge in [-0.25, -0.2) is 4.98 Å². The van der Waals surface area contributed by atoms with Gasteiger partial charge in [0.15, 0.2) is 4.96 Å². The number of carbonyl (C=O) groups is 1. The Kier molecular flexibility index (Phi) is 3.24. The molecule has 0 aromatic carbocycles. The normalized spacial score (nSPS) is 12.9. The van der Waals surface area contributed by atoms with Gasteiger partial charge in [-0.2, -0.15) is 0 Å². The fourth-order valence-electron chi connectivity index (χ4n) is 1.45. The molecule has 1 N–H and O–H groups in total. The molecule has 2 aromatic rings. The first kappa shape index (κ1) is 11.1. The lowest BCUT2D eigenvalue weighted by atomic mass is 10.2. The minimum atomic E-state index is 0.0418. The van der Waals surface area contributed by atoms with Gasteiger partial charge in [0.25, 0.3) is 0 Å². The third-order valence-electron chi connectivity index (χ3n) is 2.50. The number of fused-ring (bicyclic) bond motifs is 1. The van der Waals surface area contributed by atoms with Gasteiger partial charge in [0, 0.05) is 23.8 Å². The minimum absolute atomic E-state index is 0.0418. The highest BCUT2D eigenvalue weighted by Crippen LogP contribution is 2.11. The molecule has 0 saturated heterocycles. The number of nitrogens with one attached hydrogen (secondary N) is 1. The number of nitrogens with zero attached hydrogens (tertiary/aromatic N) is 2. The fraction of sp³-hybridized carbons (Fsp3) is 0.455. The molecule has 0 aliphatic heterocycles. The monoisotopic (exact) mass is 237 g/mol. The summed E-state index contributed by atoms with van der Waals surface area (Å²) in [6, 6.07) is 0.233. The van der Waals surface area contributed by atoms with Crippen LogP contribution < -0.4 is 5.32 Å². The molecule has 0 spiro atoms. The van der Waals surface area contributed by atoms with Crippen LogP contribution in [-0.2, 0) is 11.2 Å². The summed E-state index contributed by atoms with van der Waals surface area (Å²) >= 11 is 1.57. The summed E-state index contributed by atoms with van der Waals surface area (Å²) in [5.41, 5.74) is 0.827. The second kappa shape index (κ2) is 4.65. The first-order chi connectivity index (χ1) is 7.69. The molecule has 0 fully saturated rings. The molecule has 1 atom stereocenters. The largest absolute Gasteiger partial charge is 0.353 e. The van der Waals surface area contributed by atoms with Gasteiger partial charge < -0.3 is 5.32 Å². The Hall–Kier alpha value is -1.36. The second-order valence-electron chi connectivity index (χ2n) is 3.88. The van der Waals surface area contributed by atoms with Crippen molar-refractivity contribution in [2.45, 2.75) is 32.7 Å². The third kappa shape index (κ3) is 2.41. The molecule has 0 aliphatic carbocycles. The van der Waals surface area contributed by atoms with Crippen LogP contribution in [0.25, 0.3) is 4.96 Å². The Morgan fingerprint density at radius 2 is 2.50 bits per heavy atom. The third-order valence-corrected chi connectivity index (χ3v) is 3.28. The standard InChI is InChI=1S/C11H15N3OS/c1-3-8(2)12-10(15)6-9-7-14-4-5-16-11(14)13-9/h4-5,7-8H,3,6H2,1-2H3,(H,12,15). The minimum Gasteiger partial charge on any atom is -0.353 e. The van der Waals surface area contributed by atoms with E-state index in [1.807, 2.05) is 29.1 Å². The van der Waals surface area contributed by atoms with E-state index in [0.717, 1.165) is 17.1 Å². The predicted molar refractivity (Wildman–Crippen MR) is 64.7 cm³/mol. The van der Waals surface area contributed by atoms with Crippen LogP contribution in [0.15, 0.2) is 17.8 Å². The first-order valence-electron chi connectivity index (χ1n) is 5.39. The van der Waals surface area contributed by atoms with E-state index in [2.05, 4.69) is 17.2 Å². The van der Waals surface area contributed by atoms with Crippen molar-refractivity contribution in [3.8, 4) is 0 Å². The van der Waals surface area contributed by atoms with Crippen molar-refractivity contribution in [3.05, 3.63) is 23.5 Å². The van der Waals surface area contributed by atoms with Gasteiger partial charge in [-0.1, -0.05) is 6.92 Å². The summed E-state index contributed by atoms with van der Waals surface area (Å²) in [7, 11) is 0. The molecule has 4 nitrogen and oxygen atoms in total. The Labute approximate surface area is 98.3 Å². The maximum Gasteiger partial charge on any atom is 0.226 e. The summed E-state index contributed by atoms with van der Waals surface area (Å²) in [6.45, 7) is 4.06. The van der Waals surface area contributed by atoms with Crippen LogP contribution >= 0.6 is 11.3 Å². The zero-order chi connectivity index (χ0) is 11.5. The van der Waals surface area contributed by atoms with Gasteiger partial charge in [0.2, 0.25) is 5.91 Å². The SMILES string of the molecule is CCC(C)NC(=O)Cc1cn2ccsc2n1. The van der Waals surface area contributed by atoms with Crippen molar-refractivity contribution in [1.29, 1.82) is 0 Å². The average molecular weight is 237 g/mol. The van der Waals surface area contributed by atoms with Crippen molar-refractivity contribution in [2.24, 2.45) is 0 Å². The summed E-state index contributed by atoms with van der Waals surface area (Å²) in [5, 5.41) is 4.91. The highest BCUT2D eigenvalue weighted by molar-refractivity contribution is 7.15. The summed E-state index contributed by atoms with van der Waals surface area (Å²) in [5.74, 6) is 0.0418. The van der Waals surface area contributed by atoms with E-state index in [9.17, 15) is 4.79 Å². The molecule has 0 saturated carbocycles. The van der Waals surface area contributed by atoms with Gasteiger partial charge in [0.05, 0.1) is 12.1 Å². The van der Waals surface area contributed by atoms with Crippen LogP contribution in [-0.4, -0.2) is 21.3 Å². The molecule has 86 valence electrons. The Bertz CT molecular complexity index is 460. The molecule has 2 heterocycles. The van der Waals surface area contributed by atoms with Crippen molar-refractivity contribution < 1.29 is 4.79 Å². The second-order valence-corrected chi connectivity index (χ2v) is 4.75. The molecule has 0 bridgehead atoms. The van der Waals surface area contributed by atoms with Crippen molar-refractivity contribution in [1.82, 2.24) is 14.7 Å². The first-order valence-corrected chi connectivity index (χ1v) is 6.27. The lowest BCUT2D eigenvalue weighted by Crippen LogP contribution is -2.33. The number of hydrogen-bond donors (Lipinski definition) is 1. The van der Waals surface area contributed by atoms with Crippen LogP contribution in [0.4, 0.5) is 0 Å². The Balaban J connectivity index is 1.99. The van der Waals surface area contributed by atoms with Gasteiger partial charge in [0.1, 0.15) is 0 Å². The number of aromatic nitrogens is 2. The molecule has 1 amide bonds. The van der Waals surface area contributed by atoms with E-state index in [0.29, 0.717) is 6.42 Å². The maximum absolute atomic E-state index is 11.6. The van der Waals surface area contributed by atoms with Crippen LogP contribution in [0.1, 0.15) is 26.0 Å². The van der Waals surface area contributed by atoms with Crippen LogP contribution in [0, 0.1) is 0 Å². The van der Waals surface area contributed by atoms with E-state index in [1.165, 1.54) is 0 Å². The summed E-state index contributed by atoms with van der Waals surface area (Å²) in [6.07, 6.45) is 5.16. The van der Waals surface area contributed by atoms with E-state index in [-0.39, 0.29) is 11.9 Å². The lowest BCUT2D eigenvalue weighted by Gasteiger charge is -2.09. The van der Waals surface area contributed by atoms with Crippen LogP contribution in [0.3, 0.4) is 0 Å². The number of rotatable bonds is 4. The molecule has 2 aromatic heterocycles. The molecular formula is C11H15N3OS. The predicted octanol–water partition coefficient (Wildman–Crippen LogP) is 1.85. The Morgan fingerprint density at radius 3 is 3.19 bits per heavy atom. The quantitative estimate of drug-likeness (QED) is 0.882. The molecule has 0 aliphatic rings. The fourth-order valence-corrected chi connectivity index (χ4v) is 2.17. The zero-order valence-corrected chi connectivity index (χ0v) is 10.3. The van der Waals surface area contributed by atoms with Crippen molar-refractivity contribution >= 4 is 22.2 Å². The Morgan fingerprint density at radius 1 is 1.69 bits per heavy atom. The van der Waals surface area contributed by atoms with Crippen molar-refractivity contribution in [3.63, 3.8) is 0 Å². The smallest absolute Gasteiger partial charge is 0.226 e. The van der Waals surface area contributed by atoms with Gasteiger partial charge in [-0.05, 0) is 13.3 Å². The average Bonchev–Trinajstić information content (AvgIpc) is 2.77. The molecule has 16 heavy (non-hydrogen) atoms.